The van der Waals surface area contributed by atoms with Crippen LogP contribution in [-0.4, -0.2) is 44.6 Å². The smallest absolute Gasteiger partial charge is 0.230 e. The van der Waals surface area contributed by atoms with Gasteiger partial charge in [-0.3, -0.25) is 14.3 Å². The van der Waals surface area contributed by atoms with Crippen molar-refractivity contribution in [3.8, 4) is 17.1 Å². The van der Waals surface area contributed by atoms with Crippen LogP contribution in [0, 0.1) is 5.82 Å². The van der Waals surface area contributed by atoms with E-state index in [-0.39, 0.29) is 17.5 Å². The molecular weight excluding hydrogens is 393 g/mol. The number of carbonyl (C=O) groups is 1. The molecule has 0 unspecified atom stereocenters. The fourth-order valence-corrected chi connectivity index (χ4v) is 3.25. The van der Waals surface area contributed by atoms with Crippen molar-refractivity contribution in [2.45, 2.75) is 11.7 Å². The van der Waals surface area contributed by atoms with Gasteiger partial charge in [-0.2, -0.15) is 0 Å². The normalized spacial score (nSPS) is 10.5. The highest BCUT2D eigenvalue weighted by molar-refractivity contribution is 7.99. The number of amides is 1. The van der Waals surface area contributed by atoms with Crippen molar-refractivity contribution in [3.63, 3.8) is 0 Å². The second-order valence-corrected chi connectivity index (χ2v) is 6.82. The van der Waals surface area contributed by atoms with E-state index in [2.05, 4.69) is 27.1 Å². The van der Waals surface area contributed by atoms with Gasteiger partial charge in [-0.15, -0.1) is 16.8 Å². The first-order valence-electron chi connectivity index (χ1n) is 8.89. The molecule has 9 heteroatoms. The molecule has 1 aromatic carbocycles. The highest BCUT2D eigenvalue weighted by atomic mass is 32.2. The molecule has 2 heterocycles. The quantitative estimate of drug-likeness (QED) is 0.313. The lowest BCUT2D eigenvalue weighted by Gasteiger charge is -2.09. The summed E-state index contributed by atoms with van der Waals surface area (Å²) in [6.07, 6.45) is 5.14. The molecule has 0 aliphatic heterocycles. The van der Waals surface area contributed by atoms with Gasteiger partial charge in [-0.25, -0.2) is 4.39 Å². The van der Waals surface area contributed by atoms with E-state index in [0.717, 1.165) is 5.56 Å². The number of thioether (sulfide) groups is 1. The van der Waals surface area contributed by atoms with Crippen molar-refractivity contribution < 1.29 is 13.9 Å². The summed E-state index contributed by atoms with van der Waals surface area (Å²) in [5.74, 6) is 0.983. The van der Waals surface area contributed by atoms with Gasteiger partial charge in [-0.1, -0.05) is 17.8 Å². The van der Waals surface area contributed by atoms with Gasteiger partial charge in [0.2, 0.25) is 5.91 Å². The van der Waals surface area contributed by atoms with Gasteiger partial charge in [0.05, 0.1) is 12.3 Å². The van der Waals surface area contributed by atoms with Crippen LogP contribution in [0.2, 0.25) is 0 Å². The minimum atomic E-state index is -0.320. The summed E-state index contributed by atoms with van der Waals surface area (Å²) in [5, 5.41) is 11.8. The van der Waals surface area contributed by atoms with Gasteiger partial charge < -0.3 is 10.1 Å². The first kappa shape index (κ1) is 20.5. The Morgan fingerprint density at radius 1 is 1.21 bits per heavy atom. The third kappa shape index (κ3) is 5.89. The van der Waals surface area contributed by atoms with Crippen LogP contribution in [0.4, 0.5) is 4.39 Å². The third-order valence-electron chi connectivity index (χ3n) is 3.81. The largest absolute Gasteiger partial charge is 0.492 e. The molecule has 0 radical (unpaired) electrons. The van der Waals surface area contributed by atoms with Crippen LogP contribution in [0.1, 0.15) is 0 Å². The predicted octanol–water partition coefficient (Wildman–Crippen LogP) is 2.95. The second-order valence-electron chi connectivity index (χ2n) is 5.88. The molecule has 29 heavy (non-hydrogen) atoms. The molecule has 1 amide bonds. The zero-order valence-corrected chi connectivity index (χ0v) is 16.4. The van der Waals surface area contributed by atoms with Crippen molar-refractivity contribution in [3.05, 3.63) is 67.3 Å². The summed E-state index contributed by atoms with van der Waals surface area (Å²) in [6, 6.07) is 9.44. The van der Waals surface area contributed by atoms with E-state index in [1.807, 2.05) is 16.7 Å². The number of benzene rings is 1. The molecule has 0 saturated heterocycles. The molecule has 0 atom stereocenters. The Bertz CT molecular complexity index is 947. The zero-order chi connectivity index (χ0) is 20.5. The number of halogens is 1. The maximum Gasteiger partial charge on any atom is 0.230 e. The highest BCUT2D eigenvalue weighted by Crippen LogP contribution is 2.23. The minimum Gasteiger partial charge on any atom is -0.492 e. The molecule has 0 bridgehead atoms. The maximum atomic E-state index is 12.8. The summed E-state index contributed by atoms with van der Waals surface area (Å²) in [6.45, 7) is 4.94. The van der Waals surface area contributed by atoms with E-state index in [9.17, 15) is 9.18 Å². The fourth-order valence-electron chi connectivity index (χ4n) is 2.47. The van der Waals surface area contributed by atoms with E-state index in [1.165, 1.54) is 23.9 Å². The number of ether oxygens (including phenoxy) is 1. The first-order chi connectivity index (χ1) is 14.2. The minimum absolute atomic E-state index is 0.142. The molecule has 0 fully saturated rings. The Morgan fingerprint density at radius 3 is 2.69 bits per heavy atom. The van der Waals surface area contributed by atoms with Gasteiger partial charge in [0.15, 0.2) is 11.0 Å². The van der Waals surface area contributed by atoms with Gasteiger partial charge in [0, 0.05) is 24.5 Å². The van der Waals surface area contributed by atoms with E-state index in [4.69, 9.17) is 4.74 Å². The van der Waals surface area contributed by atoms with E-state index >= 15 is 0 Å². The van der Waals surface area contributed by atoms with Gasteiger partial charge in [-0.05, 0) is 36.4 Å². The molecule has 3 aromatic rings. The molecular formula is C20H20FN5O2S. The number of hydrogen-bond acceptors (Lipinski definition) is 6. The van der Waals surface area contributed by atoms with Crippen molar-refractivity contribution in [1.29, 1.82) is 0 Å². The molecule has 0 saturated carbocycles. The summed E-state index contributed by atoms with van der Waals surface area (Å²) in [7, 11) is 0. The van der Waals surface area contributed by atoms with Crippen LogP contribution >= 0.6 is 11.8 Å². The molecule has 0 aliphatic rings. The van der Waals surface area contributed by atoms with Crippen molar-refractivity contribution in [2.24, 2.45) is 0 Å². The third-order valence-corrected chi connectivity index (χ3v) is 4.77. The van der Waals surface area contributed by atoms with Gasteiger partial charge >= 0.3 is 0 Å². The summed E-state index contributed by atoms with van der Waals surface area (Å²) in [4.78, 5) is 16.1. The molecule has 1 N–H and O–H groups in total. The number of nitrogens with zero attached hydrogens (tertiary/aromatic N) is 4. The second kappa shape index (κ2) is 10.4. The lowest BCUT2D eigenvalue weighted by atomic mass is 10.2. The van der Waals surface area contributed by atoms with Crippen molar-refractivity contribution in [1.82, 2.24) is 25.1 Å². The van der Waals surface area contributed by atoms with Gasteiger partial charge in [0.25, 0.3) is 0 Å². The number of aromatic nitrogens is 4. The lowest BCUT2D eigenvalue weighted by Crippen LogP contribution is -2.29. The molecule has 7 nitrogen and oxygen atoms in total. The van der Waals surface area contributed by atoms with Crippen molar-refractivity contribution in [2.75, 3.05) is 18.9 Å². The molecule has 0 spiro atoms. The molecule has 150 valence electrons. The predicted molar refractivity (Wildman–Crippen MR) is 109 cm³/mol. The standard InChI is InChI=1S/C20H20FN5O2S/c1-2-12-26-19(15-7-9-22-10-8-15)24-25-20(26)29-14-18(27)23-11-13-28-17-5-3-16(21)4-6-17/h2-10H,1,11-14H2,(H,23,27). The fraction of sp³-hybridized carbons (Fsp3) is 0.200. The van der Waals surface area contributed by atoms with Crippen LogP contribution in [0.5, 0.6) is 5.75 Å². The topological polar surface area (TPSA) is 81.9 Å². The number of allylic oxidation sites excluding steroid dienone is 1. The molecule has 2 aromatic heterocycles. The van der Waals surface area contributed by atoms with Crippen LogP contribution in [0.3, 0.4) is 0 Å². The first-order valence-corrected chi connectivity index (χ1v) is 9.88. The van der Waals surface area contributed by atoms with E-state index in [1.54, 1.807) is 30.6 Å². The number of pyridine rings is 1. The van der Waals surface area contributed by atoms with E-state index in [0.29, 0.717) is 36.4 Å². The Hall–Kier alpha value is -3.20. The highest BCUT2D eigenvalue weighted by Gasteiger charge is 2.14. The summed E-state index contributed by atoms with van der Waals surface area (Å²) in [5.41, 5.74) is 0.892. The maximum absolute atomic E-state index is 12.8. The monoisotopic (exact) mass is 413 g/mol. The van der Waals surface area contributed by atoms with E-state index < -0.39 is 0 Å². The zero-order valence-electron chi connectivity index (χ0n) is 15.6. The van der Waals surface area contributed by atoms with Crippen LogP contribution in [0.25, 0.3) is 11.4 Å². The Kier molecular flexibility index (Phi) is 7.34. The summed E-state index contributed by atoms with van der Waals surface area (Å²) < 4.78 is 20.2. The molecule has 0 aliphatic carbocycles. The Labute approximate surface area is 172 Å². The van der Waals surface area contributed by atoms with Crippen molar-refractivity contribution >= 4 is 17.7 Å². The van der Waals surface area contributed by atoms with Gasteiger partial charge in [0.1, 0.15) is 18.2 Å². The van der Waals surface area contributed by atoms with Crippen LogP contribution in [0.15, 0.2) is 66.6 Å². The molecule has 3 rings (SSSR count). The average molecular weight is 413 g/mol. The Morgan fingerprint density at radius 2 is 1.97 bits per heavy atom. The number of hydrogen-bond donors (Lipinski definition) is 1. The number of nitrogens with one attached hydrogen (secondary N) is 1. The van der Waals surface area contributed by atoms with Crippen LogP contribution < -0.4 is 10.1 Å². The number of carbonyl (C=O) groups excluding carboxylic acids is 1. The lowest BCUT2D eigenvalue weighted by molar-refractivity contribution is -0.118. The summed E-state index contributed by atoms with van der Waals surface area (Å²) >= 11 is 1.30. The number of rotatable bonds is 10. The Balaban J connectivity index is 1.49. The van der Waals surface area contributed by atoms with Crippen LogP contribution in [-0.2, 0) is 11.3 Å². The average Bonchev–Trinajstić information content (AvgIpc) is 3.14. The SMILES string of the molecule is C=CCn1c(SCC(=O)NCCOc2ccc(F)cc2)nnc1-c1ccncc1.